The topological polar surface area (TPSA) is 24.9 Å². The molecule has 3 rings (SSSR count). The van der Waals surface area contributed by atoms with Gasteiger partial charge in [0.2, 0.25) is 0 Å². The summed E-state index contributed by atoms with van der Waals surface area (Å²) in [6.45, 7) is 2.98. The van der Waals surface area contributed by atoms with Crippen LogP contribution in [0.4, 0.5) is 0 Å². The van der Waals surface area contributed by atoms with Crippen molar-refractivity contribution in [3.05, 3.63) is 50.4 Å². The van der Waals surface area contributed by atoms with Crippen LogP contribution in [0.15, 0.2) is 24.4 Å². The zero-order valence-electron chi connectivity index (χ0n) is 11.7. The molecule has 1 N–H and O–H groups in total. The van der Waals surface area contributed by atoms with Crippen LogP contribution in [0.5, 0.6) is 0 Å². The fraction of sp³-hybridized carbons (Fsp3) is 0.438. The lowest BCUT2D eigenvalue weighted by Crippen LogP contribution is -2.18. The molecule has 1 aliphatic carbocycles. The largest absolute Gasteiger partial charge is 0.304 e. The molecule has 4 heteroatoms. The van der Waals surface area contributed by atoms with Gasteiger partial charge in [0.1, 0.15) is 9.34 Å². The van der Waals surface area contributed by atoms with Crippen molar-refractivity contribution in [3.8, 4) is 0 Å². The normalized spacial score (nSPS) is 15.9. The van der Waals surface area contributed by atoms with E-state index in [0.717, 1.165) is 15.9 Å². The number of hydrogen-bond acceptors (Lipinski definition) is 3. The Bertz CT molecular complexity index is 594. The lowest BCUT2D eigenvalue weighted by Gasteiger charge is -2.19. The lowest BCUT2D eigenvalue weighted by atomic mass is 9.89. The van der Waals surface area contributed by atoms with Gasteiger partial charge in [0.05, 0.1) is 6.20 Å². The number of aryl methyl sites for hydroxylation is 2. The first kappa shape index (κ1) is 14.1. The van der Waals surface area contributed by atoms with Crippen molar-refractivity contribution in [2.45, 2.75) is 45.2 Å². The van der Waals surface area contributed by atoms with Gasteiger partial charge in [-0.15, -0.1) is 11.3 Å². The molecule has 0 radical (unpaired) electrons. The van der Waals surface area contributed by atoms with Gasteiger partial charge < -0.3 is 5.32 Å². The first-order valence-corrected chi connectivity index (χ1v) is 8.37. The fourth-order valence-corrected chi connectivity index (χ4v) is 3.66. The Morgan fingerprint density at radius 1 is 1.30 bits per heavy atom. The number of nitrogens with zero attached hydrogens (tertiary/aromatic N) is 1. The molecular weight excluding hydrogens is 288 g/mol. The average molecular weight is 307 g/mol. The van der Waals surface area contributed by atoms with Crippen LogP contribution in [-0.4, -0.2) is 4.98 Å². The summed E-state index contributed by atoms with van der Waals surface area (Å²) in [4.78, 5) is 4.28. The van der Waals surface area contributed by atoms with Gasteiger partial charge in [-0.05, 0) is 49.3 Å². The first-order chi connectivity index (χ1) is 9.72. The van der Waals surface area contributed by atoms with Crippen molar-refractivity contribution in [1.82, 2.24) is 10.3 Å². The minimum atomic E-state index is 0.338. The molecule has 0 spiro atoms. The molecule has 1 unspecified atom stereocenters. The summed E-state index contributed by atoms with van der Waals surface area (Å²) in [5, 5.41) is 4.57. The third kappa shape index (κ3) is 3.22. The highest BCUT2D eigenvalue weighted by Crippen LogP contribution is 2.25. The van der Waals surface area contributed by atoms with Crippen LogP contribution in [0, 0.1) is 0 Å². The van der Waals surface area contributed by atoms with Crippen LogP contribution in [0.3, 0.4) is 0 Å². The molecule has 2 aromatic rings. The summed E-state index contributed by atoms with van der Waals surface area (Å²) in [7, 11) is 0. The quantitative estimate of drug-likeness (QED) is 0.898. The Labute approximate surface area is 129 Å². The van der Waals surface area contributed by atoms with Crippen molar-refractivity contribution in [1.29, 1.82) is 0 Å². The van der Waals surface area contributed by atoms with Crippen LogP contribution < -0.4 is 5.32 Å². The second kappa shape index (κ2) is 6.25. The second-order valence-corrected chi connectivity index (χ2v) is 7.14. The van der Waals surface area contributed by atoms with Crippen molar-refractivity contribution in [2.24, 2.45) is 0 Å². The number of thiazole rings is 1. The smallest absolute Gasteiger partial charge is 0.113 e. The number of fused-ring (bicyclic) bond motifs is 1. The summed E-state index contributed by atoms with van der Waals surface area (Å²) >= 11 is 7.44. The van der Waals surface area contributed by atoms with Gasteiger partial charge in [0.15, 0.2) is 0 Å². The molecule has 1 aromatic carbocycles. The Morgan fingerprint density at radius 2 is 2.10 bits per heavy atom. The Morgan fingerprint density at radius 3 is 2.85 bits per heavy atom. The zero-order chi connectivity index (χ0) is 13.9. The van der Waals surface area contributed by atoms with Gasteiger partial charge in [0, 0.05) is 12.6 Å². The number of nitrogens with one attached hydrogen (secondary N) is 1. The molecule has 106 valence electrons. The van der Waals surface area contributed by atoms with Gasteiger partial charge in [-0.2, -0.15) is 0 Å². The van der Waals surface area contributed by atoms with Gasteiger partial charge in [-0.25, -0.2) is 4.98 Å². The highest BCUT2D eigenvalue weighted by atomic mass is 35.5. The van der Waals surface area contributed by atoms with E-state index in [-0.39, 0.29) is 0 Å². The number of aromatic nitrogens is 1. The maximum absolute atomic E-state index is 5.90. The van der Waals surface area contributed by atoms with Crippen molar-refractivity contribution >= 4 is 22.9 Å². The van der Waals surface area contributed by atoms with E-state index in [4.69, 9.17) is 11.6 Å². The number of benzene rings is 1. The average Bonchev–Trinajstić information content (AvgIpc) is 2.90. The maximum Gasteiger partial charge on any atom is 0.113 e. The van der Waals surface area contributed by atoms with E-state index in [2.05, 4.69) is 35.4 Å². The van der Waals surface area contributed by atoms with Crippen molar-refractivity contribution in [2.75, 3.05) is 0 Å². The molecule has 1 heterocycles. The molecule has 1 aliphatic rings. The summed E-state index contributed by atoms with van der Waals surface area (Å²) < 4.78 is 0.753. The second-order valence-electron chi connectivity index (χ2n) is 5.40. The molecule has 1 aromatic heterocycles. The van der Waals surface area contributed by atoms with Crippen molar-refractivity contribution < 1.29 is 0 Å². The molecular formula is C16H19ClN2S. The fourth-order valence-electron chi connectivity index (χ4n) is 2.75. The predicted molar refractivity (Wildman–Crippen MR) is 85.5 cm³/mol. The van der Waals surface area contributed by atoms with Gasteiger partial charge >= 0.3 is 0 Å². The van der Waals surface area contributed by atoms with Crippen LogP contribution in [0.25, 0.3) is 0 Å². The molecule has 0 saturated carbocycles. The van der Waals surface area contributed by atoms with Gasteiger partial charge in [-0.3, -0.25) is 0 Å². The number of halogens is 1. The zero-order valence-corrected chi connectivity index (χ0v) is 13.2. The molecule has 0 aliphatic heterocycles. The summed E-state index contributed by atoms with van der Waals surface area (Å²) in [5.74, 6) is 0. The van der Waals surface area contributed by atoms with Gasteiger partial charge in [-0.1, -0.05) is 29.8 Å². The summed E-state index contributed by atoms with van der Waals surface area (Å²) in [6.07, 6.45) is 6.86. The third-order valence-electron chi connectivity index (χ3n) is 3.96. The molecule has 20 heavy (non-hydrogen) atoms. The SMILES string of the molecule is CC(NCc1ncc(Cl)s1)c1ccc2c(c1)CCCC2. The van der Waals surface area contributed by atoms with E-state index < -0.39 is 0 Å². The predicted octanol–water partition coefficient (Wildman–Crippen LogP) is 4.53. The molecule has 0 amide bonds. The lowest BCUT2D eigenvalue weighted by molar-refractivity contribution is 0.571. The maximum atomic E-state index is 5.90. The molecule has 0 saturated heterocycles. The summed E-state index contributed by atoms with van der Waals surface area (Å²) in [5.41, 5.74) is 4.45. The Kier molecular flexibility index (Phi) is 4.39. The highest BCUT2D eigenvalue weighted by Gasteiger charge is 2.12. The Hall–Kier alpha value is -0.900. The van der Waals surface area contributed by atoms with E-state index in [0.29, 0.717) is 6.04 Å². The van der Waals surface area contributed by atoms with E-state index in [9.17, 15) is 0 Å². The minimum Gasteiger partial charge on any atom is -0.304 e. The van der Waals surface area contributed by atoms with E-state index in [1.54, 1.807) is 17.3 Å². The number of rotatable bonds is 4. The minimum absolute atomic E-state index is 0.338. The molecule has 2 nitrogen and oxygen atoms in total. The monoisotopic (exact) mass is 306 g/mol. The van der Waals surface area contributed by atoms with Gasteiger partial charge in [0.25, 0.3) is 0 Å². The standard InChI is InChI=1S/C16H19ClN2S/c1-11(18-10-16-19-9-15(17)20-16)13-7-6-12-4-2-3-5-14(12)8-13/h6-9,11,18H,2-5,10H2,1H3. The number of hydrogen-bond donors (Lipinski definition) is 1. The summed E-state index contributed by atoms with van der Waals surface area (Å²) in [6, 6.07) is 7.28. The van der Waals surface area contributed by atoms with Crippen LogP contribution in [0.1, 0.15) is 47.5 Å². The van der Waals surface area contributed by atoms with Crippen LogP contribution >= 0.6 is 22.9 Å². The molecule has 1 atom stereocenters. The molecule has 0 bridgehead atoms. The van der Waals surface area contributed by atoms with E-state index in [1.165, 1.54) is 42.6 Å². The van der Waals surface area contributed by atoms with E-state index >= 15 is 0 Å². The van der Waals surface area contributed by atoms with Crippen molar-refractivity contribution in [3.63, 3.8) is 0 Å². The molecule has 0 fully saturated rings. The highest BCUT2D eigenvalue weighted by molar-refractivity contribution is 7.15. The third-order valence-corrected chi connectivity index (χ3v) is 5.07. The van der Waals surface area contributed by atoms with Crippen LogP contribution in [-0.2, 0) is 19.4 Å². The van der Waals surface area contributed by atoms with Crippen LogP contribution in [0.2, 0.25) is 4.34 Å². The first-order valence-electron chi connectivity index (χ1n) is 7.17. The van der Waals surface area contributed by atoms with E-state index in [1.807, 2.05) is 0 Å². The Balaban J connectivity index is 1.66.